The third-order valence-electron chi connectivity index (χ3n) is 3.41. The number of nitrogens with zero attached hydrogens (tertiary/aromatic N) is 2. The molecule has 0 saturated carbocycles. The number of ether oxygens (including phenoxy) is 1. The Morgan fingerprint density at radius 2 is 2.10 bits per heavy atom. The van der Waals surface area contributed by atoms with Gasteiger partial charge in [0.15, 0.2) is 0 Å². The van der Waals surface area contributed by atoms with Crippen molar-refractivity contribution in [3.05, 3.63) is 42.5 Å². The van der Waals surface area contributed by atoms with E-state index in [1.54, 1.807) is 18.3 Å². The van der Waals surface area contributed by atoms with E-state index in [0.717, 1.165) is 30.8 Å². The van der Waals surface area contributed by atoms with Crippen LogP contribution < -0.4 is 4.72 Å². The van der Waals surface area contributed by atoms with Gasteiger partial charge in [-0.05, 0) is 30.7 Å². The highest BCUT2D eigenvalue weighted by Crippen LogP contribution is 2.26. The van der Waals surface area contributed by atoms with Crippen LogP contribution in [-0.4, -0.2) is 37.4 Å². The summed E-state index contributed by atoms with van der Waals surface area (Å²) in [6.07, 6.45) is 5.79. The van der Waals surface area contributed by atoms with Crippen LogP contribution in [0.25, 0.3) is 5.69 Å². The van der Waals surface area contributed by atoms with Gasteiger partial charge in [-0.2, -0.15) is 0 Å². The van der Waals surface area contributed by atoms with Gasteiger partial charge in [0.1, 0.15) is 5.82 Å². The first-order valence-electron chi connectivity index (χ1n) is 6.72. The molecule has 3 rings (SSSR count). The summed E-state index contributed by atoms with van der Waals surface area (Å²) in [4.78, 5) is 4.43. The molecule has 1 aromatic heterocycles. The average Bonchev–Trinajstić information content (AvgIpc) is 3.08. The predicted octanol–water partition coefficient (Wildman–Crippen LogP) is 1.75. The molecule has 1 aliphatic rings. The van der Waals surface area contributed by atoms with Crippen molar-refractivity contribution in [2.75, 3.05) is 24.2 Å². The minimum absolute atomic E-state index is 0.314. The Morgan fingerprint density at radius 3 is 2.71 bits per heavy atom. The Bertz CT molecular complexity index is 716. The fourth-order valence-electron chi connectivity index (χ4n) is 2.48. The quantitative estimate of drug-likeness (QED) is 0.934. The van der Waals surface area contributed by atoms with Crippen molar-refractivity contribution in [2.45, 2.75) is 12.3 Å². The van der Waals surface area contributed by atoms with E-state index in [9.17, 15) is 8.42 Å². The molecular weight excluding hydrogens is 290 g/mol. The Kier molecular flexibility index (Phi) is 3.69. The Hall–Kier alpha value is -1.86. The van der Waals surface area contributed by atoms with Crippen LogP contribution >= 0.6 is 0 Å². The molecule has 0 amide bonds. The van der Waals surface area contributed by atoms with Gasteiger partial charge in [0.2, 0.25) is 10.0 Å². The van der Waals surface area contributed by atoms with Crippen molar-refractivity contribution in [3.8, 4) is 5.69 Å². The van der Waals surface area contributed by atoms with E-state index in [2.05, 4.69) is 9.71 Å². The molecule has 1 aromatic carbocycles. The largest absolute Gasteiger partial charge is 0.381 e. The van der Waals surface area contributed by atoms with Crippen molar-refractivity contribution < 1.29 is 13.2 Å². The van der Waals surface area contributed by atoms with Crippen LogP contribution in [0.15, 0.2) is 36.7 Å². The van der Waals surface area contributed by atoms with E-state index in [0.29, 0.717) is 18.2 Å². The van der Waals surface area contributed by atoms with E-state index in [-0.39, 0.29) is 0 Å². The number of rotatable bonds is 4. The third-order valence-corrected chi connectivity index (χ3v) is 4.02. The second-order valence-corrected chi connectivity index (χ2v) is 6.89. The van der Waals surface area contributed by atoms with Gasteiger partial charge in [0.25, 0.3) is 0 Å². The number of imidazole rings is 1. The molecule has 1 fully saturated rings. The van der Waals surface area contributed by atoms with Gasteiger partial charge in [-0.3, -0.25) is 4.72 Å². The number of hydrogen-bond donors (Lipinski definition) is 1. The van der Waals surface area contributed by atoms with E-state index in [1.165, 1.54) is 0 Å². The van der Waals surface area contributed by atoms with Crippen molar-refractivity contribution in [1.82, 2.24) is 9.55 Å². The highest BCUT2D eigenvalue weighted by Gasteiger charge is 2.22. The molecule has 6 nitrogen and oxygen atoms in total. The third kappa shape index (κ3) is 3.25. The fourth-order valence-corrected chi connectivity index (χ4v) is 3.04. The second kappa shape index (κ2) is 5.50. The van der Waals surface area contributed by atoms with E-state index < -0.39 is 10.0 Å². The van der Waals surface area contributed by atoms with Crippen LogP contribution in [-0.2, 0) is 14.8 Å². The summed E-state index contributed by atoms with van der Waals surface area (Å²) in [5.41, 5.74) is 1.50. The molecule has 112 valence electrons. The lowest BCUT2D eigenvalue weighted by Gasteiger charge is -2.12. The summed E-state index contributed by atoms with van der Waals surface area (Å²) in [6.45, 7) is 1.47. The lowest BCUT2D eigenvalue weighted by atomic mass is 10.1. The maximum absolute atomic E-state index is 11.2. The van der Waals surface area contributed by atoms with Crippen molar-refractivity contribution in [3.63, 3.8) is 0 Å². The Labute approximate surface area is 123 Å². The van der Waals surface area contributed by atoms with E-state index >= 15 is 0 Å². The summed E-state index contributed by atoms with van der Waals surface area (Å²) < 4.78 is 32.3. The summed E-state index contributed by atoms with van der Waals surface area (Å²) in [5.74, 6) is 1.30. The number of aromatic nitrogens is 2. The van der Waals surface area contributed by atoms with Crippen molar-refractivity contribution in [1.29, 1.82) is 0 Å². The first kappa shape index (κ1) is 14.1. The Morgan fingerprint density at radius 1 is 1.33 bits per heavy atom. The molecule has 1 saturated heterocycles. The van der Waals surface area contributed by atoms with Crippen LogP contribution in [0.5, 0.6) is 0 Å². The molecule has 21 heavy (non-hydrogen) atoms. The maximum atomic E-state index is 11.2. The topological polar surface area (TPSA) is 73.2 Å². The molecule has 0 aliphatic carbocycles. The maximum Gasteiger partial charge on any atom is 0.229 e. The molecule has 1 aliphatic heterocycles. The molecular formula is C14H17N3O3S. The molecule has 1 atom stereocenters. The monoisotopic (exact) mass is 307 g/mol. The van der Waals surface area contributed by atoms with E-state index in [1.807, 2.05) is 22.9 Å². The molecule has 2 aromatic rings. The average molecular weight is 307 g/mol. The molecule has 1 N–H and O–H groups in total. The first-order valence-corrected chi connectivity index (χ1v) is 8.61. The number of anilines is 1. The van der Waals surface area contributed by atoms with Crippen LogP contribution in [0.2, 0.25) is 0 Å². The number of nitrogens with one attached hydrogen (secondary N) is 1. The Balaban J connectivity index is 1.86. The van der Waals surface area contributed by atoms with Gasteiger partial charge in [-0.1, -0.05) is 0 Å². The van der Waals surface area contributed by atoms with Crippen LogP contribution in [0, 0.1) is 0 Å². The van der Waals surface area contributed by atoms with Gasteiger partial charge < -0.3 is 9.30 Å². The standard InChI is InChI=1S/C14H17N3O3S/c1-21(18,19)16-12-2-4-13(5-3-12)17-8-7-15-14(17)11-6-9-20-10-11/h2-5,7-8,11,16H,6,9-10H2,1H3. The molecule has 0 radical (unpaired) electrons. The van der Waals surface area contributed by atoms with Crippen LogP contribution in [0.1, 0.15) is 18.2 Å². The lowest BCUT2D eigenvalue weighted by molar-refractivity contribution is 0.193. The molecule has 7 heteroatoms. The smallest absolute Gasteiger partial charge is 0.229 e. The van der Waals surface area contributed by atoms with Crippen molar-refractivity contribution >= 4 is 15.7 Å². The van der Waals surface area contributed by atoms with Gasteiger partial charge in [0, 0.05) is 36.3 Å². The molecule has 2 heterocycles. The molecule has 0 spiro atoms. The molecule has 0 bridgehead atoms. The number of hydrogen-bond acceptors (Lipinski definition) is 4. The summed E-state index contributed by atoms with van der Waals surface area (Å²) >= 11 is 0. The summed E-state index contributed by atoms with van der Waals surface area (Å²) in [6, 6.07) is 7.22. The van der Waals surface area contributed by atoms with Crippen LogP contribution in [0.3, 0.4) is 0 Å². The fraction of sp³-hybridized carbons (Fsp3) is 0.357. The highest BCUT2D eigenvalue weighted by molar-refractivity contribution is 7.92. The minimum Gasteiger partial charge on any atom is -0.381 e. The van der Waals surface area contributed by atoms with Gasteiger partial charge in [-0.25, -0.2) is 13.4 Å². The SMILES string of the molecule is CS(=O)(=O)Nc1ccc(-n2ccnc2C2CCOC2)cc1. The predicted molar refractivity (Wildman–Crippen MR) is 80.2 cm³/mol. The van der Waals surface area contributed by atoms with Gasteiger partial charge in [-0.15, -0.1) is 0 Å². The normalized spacial score (nSPS) is 18.8. The number of benzene rings is 1. The second-order valence-electron chi connectivity index (χ2n) is 5.14. The van der Waals surface area contributed by atoms with Gasteiger partial charge >= 0.3 is 0 Å². The number of sulfonamides is 1. The summed E-state index contributed by atoms with van der Waals surface area (Å²) in [5, 5.41) is 0. The zero-order chi connectivity index (χ0) is 14.9. The zero-order valence-electron chi connectivity index (χ0n) is 11.7. The first-order chi connectivity index (χ1) is 10.0. The molecule has 1 unspecified atom stereocenters. The zero-order valence-corrected chi connectivity index (χ0v) is 12.5. The minimum atomic E-state index is -3.25. The summed E-state index contributed by atoms with van der Waals surface area (Å²) in [7, 11) is -3.25. The van der Waals surface area contributed by atoms with E-state index in [4.69, 9.17) is 4.74 Å². The van der Waals surface area contributed by atoms with Crippen LogP contribution in [0.4, 0.5) is 5.69 Å². The lowest BCUT2D eigenvalue weighted by Crippen LogP contribution is -2.10. The highest BCUT2D eigenvalue weighted by atomic mass is 32.2. The van der Waals surface area contributed by atoms with Gasteiger partial charge in [0.05, 0.1) is 12.9 Å². The van der Waals surface area contributed by atoms with Crippen molar-refractivity contribution in [2.24, 2.45) is 0 Å².